The van der Waals surface area contributed by atoms with E-state index in [4.69, 9.17) is 9.15 Å². The molecule has 0 saturated heterocycles. The molecule has 0 unspecified atom stereocenters. The number of ether oxygens (including phenoxy) is 1. The topological polar surface area (TPSA) is 86.4 Å². The Labute approximate surface area is 156 Å². The largest absolute Gasteiger partial charge is 0.497 e. The lowest BCUT2D eigenvalue weighted by Crippen LogP contribution is -2.07. The Bertz CT molecular complexity index is 967. The maximum Gasteiger partial charge on any atom is 0.248 e. The number of carbonyl (C=O) groups excluding carboxylic acids is 2. The average Bonchev–Trinajstić information content (AvgIpc) is 3.30. The summed E-state index contributed by atoms with van der Waals surface area (Å²) in [5.41, 5.74) is 1.46. The van der Waals surface area contributed by atoms with Crippen LogP contribution in [-0.4, -0.2) is 28.6 Å². The van der Waals surface area contributed by atoms with Crippen LogP contribution in [0.5, 0.6) is 5.75 Å². The van der Waals surface area contributed by atoms with Crippen LogP contribution in [0.3, 0.4) is 0 Å². The van der Waals surface area contributed by atoms with Crippen molar-refractivity contribution in [3.05, 3.63) is 72.0 Å². The zero-order valence-corrected chi connectivity index (χ0v) is 15.0. The van der Waals surface area contributed by atoms with Crippen molar-refractivity contribution in [3.8, 4) is 5.75 Å². The fourth-order valence-corrected chi connectivity index (χ4v) is 2.40. The number of aromatic nitrogens is 2. The fourth-order valence-electron chi connectivity index (χ4n) is 2.40. The molecule has 0 saturated carbocycles. The number of Topliss-reactive ketones (excluding diaryl/α,β-unsaturated/α-hetero) is 1. The van der Waals surface area contributed by atoms with Crippen LogP contribution in [0.15, 0.2) is 59.3 Å². The summed E-state index contributed by atoms with van der Waals surface area (Å²) in [6.07, 6.45) is 6.40. The Balaban J connectivity index is 1.56. The van der Waals surface area contributed by atoms with Gasteiger partial charge in [0.15, 0.2) is 11.5 Å². The van der Waals surface area contributed by atoms with Gasteiger partial charge in [-0.1, -0.05) is 12.1 Å². The molecule has 27 heavy (non-hydrogen) atoms. The quantitative estimate of drug-likeness (QED) is 0.512. The maximum atomic E-state index is 12.0. The third-order valence-electron chi connectivity index (χ3n) is 3.77. The summed E-state index contributed by atoms with van der Waals surface area (Å²) in [6.45, 7) is 1.81. The molecular weight excluding hydrogens is 346 g/mol. The highest BCUT2D eigenvalue weighted by Gasteiger charge is 2.08. The second-order valence-corrected chi connectivity index (χ2v) is 5.84. The third kappa shape index (κ3) is 4.94. The summed E-state index contributed by atoms with van der Waals surface area (Å²) in [6, 6.07) is 10.7. The molecule has 1 aromatic carbocycles. The molecule has 0 aliphatic heterocycles. The predicted molar refractivity (Wildman–Crippen MR) is 101 cm³/mol. The van der Waals surface area contributed by atoms with Crippen molar-refractivity contribution in [1.82, 2.24) is 9.78 Å². The van der Waals surface area contributed by atoms with Crippen LogP contribution in [0.2, 0.25) is 0 Å². The van der Waals surface area contributed by atoms with Gasteiger partial charge in [-0.15, -0.1) is 0 Å². The summed E-state index contributed by atoms with van der Waals surface area (Å²) in [4.78, 5) is 23.3. The van der Waals surface area contributed by atoms with Gasteiger partial charge in [0.25, 0.3) is 0 Å². The molecule has 3 rings (SSSR count). The smallest absolute Gasteiger partial charge is 0.248 e. The Morgan fingerprint density at radius 3 is 2.67 bits per heavy atom. The van der Waals surface area contributed by atoms with Crippen molar-refractivity contribution in [1.29, 1.82) is 0 Å². The van der Waals surface area contributed by atoms with Crippen molar-refractivity contribution in [2.75, 3.05) is 12.4 Å². The van der Waals surface area contributed by atoms with Gasteiger partial charge in [-0.25, -0.2) is 0 Å². The van der Waals surface area contributed by atoms with E-state index < -0.39 is 0 Å². The molecule has 0 spiro atoms. The zero-order valence-electron chi connectivity index (χ0n) is 15.0. The van der Waals surface area contributed by atoms with E-state index in [0.29, 0.717) is 23.8 Å². The third-order valence-corrected chi connectivity index (χ3v) is 3.77. The number of nitrogens with zero attached hydrogens (tertiary/aromatic N) is 2. The molecule has 2 heterocycles. The first kappa shape index (κ1) is 18.2. The van der Waals surface area contributed by atoms with Crippen molar-refractivity contribution in [2.45, 2.75) is 13.5 Å². The Morgan fingerprint density at radius 1 is 1.22 bits per heavy atom. The first-order valence-corrected chi connectivity index (χ1v) is 8.29. The maximum absolute atomic E-state index is 12.0. The van der Waals surface area contributed by atoms with Gasteiger partial charge in [0.1, 0.15) is 11.5 Å². The molecule has 0 radical (unpaired) electrons. The van der Waals surface area contributed by atoms with Gasteiger partial charge in [0, 0.05) is 19.2 Å². The number of amides is 1. The number of benzene rings is 1. The van der Waals surface area contributed by atoms with Crippen molar-refractivity contribution < 1.29 is 18.7 Å². The van der Waals surface area contributed by atoms with Gasteiger partial charge < -0.3 is 14.5 Å². The van der Waals surface area contributed by atoms with Crippen LogP contribution >= 0.6 is 0 Å². The van der Waals surface area contributed by atoms with Gasteiger partial charge in [-0.05, 0) is 35.9 Å². The van der Waals surface area contributed by atoms with Gasteiger partial charge in [0.2, 0.25) is 5.91 Å². The number of nitrogens with one attached hydrogen (secondary N) is 1. The number of methoxy groups -OCH3 is 1. The molecule has 138 valence electrons. The summed E-state index contributed by atoms with van der Waals surface area (Å²) in [7, 11) is 1.60. The number of hydrogen-bond donors (Lipinski definition) is 1. The number of ketones is 1. The van der Waals surface area contributed by atoms with Crippen LogP contribution in [0.1, 0.15) is 28.8 Å². The minimum atomic E-state index is -0.262. The molecule has 0 aliphatic carbocycles. The van der Waals surface area contributed by atoms with E-state index in [9.17, 15) is 9.59 Å². The Kier molecular flexibility index (Phi) is 5.51. The Hall–Kier alpha value is -3.61. The summed E-state index contributed by atoms with van der Waals surface area (Å²) >= 11 is 0. The van der Waals surface area contributed by atoms with E-state index in [2.05, 4.69) is 10.4 Å². The van der Waals surface area contributed by atoms with Crippen molar-refractivity contribution >= 4 is 23.5 Å². The van der Waals surface area contributed by atoms with E-state index in [1.54, 1.807) is 42.4 Å². The van der Waals surface area contributed by atoms with E-state index >= 15 is 0 Å². The molecule has 0 aliphatic rings. The first-order valence-electron chi connectivity index (χ1n) is 8.29. The zero-order chi connectivity index (χ0) is 19.2. The highest BCUT2D eigenvalue weighted by atomic mass is 16.5. The SMILES string of the molecule is COc1ccc(/C=C/C(=O)Nc2cnn(Cc3ccc(C(C)=O)o3)c2)cc1. The van der Waals surface area contributed by atoms with Crippen LogP contribution in [0.4, 0.5) is 5.69 Å². The van der Waals surface area contributed by atoms with E-state index in [-0.39, 0.29) is 11.7 Å². The van der Waals surface area contributed by atoms with Gasteiger partial charge >= 0.3 is 0 Å². The minimum Gasteiger partial charge on any atom is -0.497 e. The predicted octanol–water partition coefficient (Wildman–Crippen LogP) is 3.39. The molecule has 7 nitrogen and oxygen atoms in total. The molecule has 1 N–H and O–H groups in total. The molecule has 0 fully saturated rings. The van der Waals surface area contributed by atoms with Gasteiger partial charge in [0.05, 0.1) is 25.5 Å². The average molecular weight is 365 g/mol. The lowest BCUT2D eigenvalue weighted by molar-refractivity contribution is -0.111. The second kappa shape index (κ2) is 8.18. The van der Waals surface area contributed by atoms with Crippen molar-refractivity contribution in [2.24, 2.45) is 0 Å². The standard InChI is InChI=1S/C20H19N3O4/c1-14(24)19-9-8-18(27-19)13-23-12-16(11-21-23)22-20(25)10-5-15-3-6-17(26-2)7-4-15/h3-12H,13H2,1-2H3,(H,22,25)/b10-5+. The second-order valence-electron chi connectivity index (χ2n) is 5.84. The molecule has 3 aromatic rings. The molecule has 1 amide bonds. The van der Waals surface area contributed by atoms with Crippen LogP contribution in [0, 0.1) is 0 Å². The Morgan fingerprint density at radius 2 is 2.00 bits per heavy atom. The van der Waals surface area contributed by atoms with E-state index in [1.807, 2.05) is 24.3 Å². The van der Waals surface area contributed by atoms with Gasteiger partial charge in [-0.3, -0.25) is 14.3 Å². The summed E-state index contributed by atoms with van der Waals surface area (Å²) in [5.74, 6) is 1.30. The summed E-state index contributed by atoms with van der Waals surface area (Å²) < 4.78 is 12.1. The van der Waals surface area contributed by atoms with E-state index in [1.165, 1.54) is 13.0 Å². The lowest BCUT2D eigenvalue weighted by Gasteiger charge is -2.00. The van der Waals surface area contributed by atoms with E-state index in [0.717, 1.165) is 11.3 Å². The fraction of sp³-hybridized carbons (Fsp3) is 0.150. The van der Waals surface area contributed by atoms with Crippen LogP contribution in [-0.2, 0) is 11.3 Å². The highest BCUT2D eigenvalue weighted by molar-refractivity contribution is 6.01. The molecule has 0 bridgehead atoms. The normalized spacial score (nSPS) is 10.9. The first-order chi connectivity index (χ1) is 13.0. The number of carbonyl (C=O) groups is 2. The lowest BCUT2D eigenvalue weighted by atomic mass is 10.2. The molecule has 0 atom stereocenters. The number of rotatable bonds is 7. The molecule has 2 aromatic heterocycles. The molecule has 7 heteroatoms. The monoisotopic (exact) mass is 365 g/mol. The van der Waals surface area contributed by atoms with Crippen molar-refractivity contribution in [3.63, 3.8) is 0 Å². The van der Waals surface area contributed by atoms with Crippen LogP contribution in [0.25, 0.3) is 6.08 Å². The van der Waals surface area contributed by atoms with Crippen LogP contribution < -0.4 is 10.1 Å². The van der Waals surface area contributed by atoms with Gasteiger partial charge in [-0.2, -0.15) is 5.10 Å². The molecular formula is C20H19N3O4. The minimum absolute atomic E-state index is 0.127. The number of hydrogen-bond acceptors (Lipinski definition) is 5. The summed E-state index contributed by atoms with van der Waals surface area (Å²) in [5, 5.41) is 6.92. The number of anilines is 1. The highest BCUT2D eigenvalue weighted by Crippen LogP contribution is 2.14. The number of furan rings is 1.